The highest BCUT2D eigenvalue weighted by molar-refractivity contribution is 5.80. The van der Waals surface area contributed by atoms with Gasteiger partial charge in [-0.05, 0) is 64.2 Å². The van der Waals surface area contributed by atoms with Crippen molar-refractivity contribution in [1.29, 1.82) is 0 Å². The van der Waals surface area contributed by atoms with E-state index in [0.717, 1.165) is 29.7 Å². The summed E-state index contributed by atoms with van der Waals surface area (Å²) in [4.78, 5) is 8.28. The Hall–Kier alpha value is -1.39. The zero-order chi connectivity index (χ0) is 14.8. The summed E-state index contributed by atoms with van der Waals surface area (Å²) in [7, 11) is 2.15. The predicted molar refractivity (Wildman–Crippen MR) is 84.9 cm³/mol. The molecule has 1 saturated heterocycles. The molecular formula is C17H24FN3. The van der Waals surface area contributed by atoms with Gasteiger partial charge in [-0.15, -0.1) is 0 Å². The maximum absolute atomic E-state index is 13.2. The topological polar surface area (TPSA) is 22.3 Å². The lowest BCUT2D eigenvalue weighted by molar-refractivity contribution is 0.187. The van der Waals surface area contributed by atoms with Crippen LogP contribution in [0.5, 0.6) is 0 Å². The van der Waals surface area contributed by atoms with Crippen molar-refractivity contribution in [2.45, 2.75) is 32.4 Å². The van der Waals surface area contributed by atoms with Gasteiger partial charge in [0.15, 0.2) is 0 Å². The van der Waals surface area contributed by atoms with Crippen LogP contribution >= 0.6 is 0 Å². The van der Waals surface area contributed by atoms with E-state index >= 15 is 0 Å². The number of rotatable bonds is 5. The van der Waals surface area contributed by atoms with Gasteiger partial charge in [0, 0.05) is 35.7 Å². The van der Waals surface area contributed by atoms with Gasteiger partial charge < -0.3 is 4.98 Å². The Balaban J connectivity index is 1.61. The van der Waals surface area contributed by atoms with E-state index < -0.39 is 0 Å². The number of aromatic amines is 1. The largest absolute Gasteiger partial charge is 0.357 e. The molecule has 3 rings (SSSR count). The molecule has 0 amide bonds. The van der Waals surface area contributed by atoms with Gasteiger partial charge in [-0.1, -0.05) is 0 Å². The molecule has 2 aromatic rings. The Bertz CT molecular complexity index is 601. The lowest BCUT2D eigenvalue weighted by Crippen LogP contribution is -2.39. The van der Waals surface area contributed by atoms with E-state index in [1.165, 1.54) is 32.0 Å². The van der Waals surface area contributed by atoms with Gasteiger partial charge in [0.05, 0.1) is 0 Å². The molecule has 1 N–H and O–H groups in total. The van der Waals surface area contributed by atoms with Crippen LogP contribution in [0.3, 0.4) is 0 Å². The van der Waals surface area contributed by atoms with Crippen molar-refractivity contribution >= 4 is 10.9 Å². The van der Waals surface area contributed by atoms with E-state index in [1.807, 2.05) is 0 Å². The van der Waals surface area contributed by atoms with Gasteiger partial charge in [-0.25, -0.2) is 4.39 Å². The quantitative estimate of drug-likeness (QED) is 0.913. The highest BCUT2D eigenvalue weighted by Gasteiger charge is 2.19. The van der Waals surface area contributed by atoms with Crippen LogP contribution in [0.25, 0.3) is 10.9 Å². The minimum Gasteiger partial charge on any atom is -0.357 e. The fraction of sp³-hybridized carbons (Fsp3) is 0.529. The molecule has 1 aliphatic rings. The van der Waals surface area contributed by atoms with E-state index in [4.69, 9.17) is 0 Å². The molecule has 21 heavy (non-hydrogen) atoms. The van der Waals surface area contributed by atoms with Crippen molar-refractivity contribution in [2.24, 2.45) is 0 Å². The number of likely N-dealkylation sites (tertiary alicyclic amines) is 1. The van der Waals surface area contributed by atoms with E-state index in [-0.39, 0.29) is 5.82 Å². The van der Waals surface area contributed by atoms with E-state index in [2.05, 4.69) is 34.8 Å². The summed E-state index contributed by atoms with van der Waals surface area (Å²) in [5.74, 6) is -0.177. The van der Waals surface area contributed by atoms with E-state index in [1.54, 1.807) is 12.1 Å². The lowest BCUT2D eigenvalue weighted by Gasteiger charge is -2.28. The second kappa shape index (κ2) is 6.16. The normalized spacial score (nSPS) is 17.9. The van der Waals surface area contributed by atoms with Gasteiger partial charge in [-0.3, -0.25) is 9.80 Å². The van der Waals surface area contributed by atoms with Gasteiger partial charge in [0.1, 0.15) is 5.82 Å². The van der Waals surface area contributed by atoms with Crippen LogP contribution < -0.4 is 0 Å². The average molecular weight is 289 g/mol. The summed E-state index contributed by atoms with van der Waals surface area (Å²) in [6.07, 6.45) is 2.67. The Morgan fingerprint density at radius 2 is 2.05 bits per heavy atom. The SMILES string of the molecule is CC(CN(C)Cc1cc2cc(F)ccc2[nH]1)N1CCCC1. The van der Waals surface area contributed by atoms with Crippen LogP contribution in [0.2, 0.25) is 0 Å². The molecule has 1 atom stereocenters. The third-order valence-electron chi connectivity index (χ3n) is 4.42. The third kappa shape index (κ3) is 3.44. The fourth-order valence-corrected chi connectivity index (χ4v) is 3.35. The highest BCUT2D eigenvalue weighted by atomic mass is 19.1. The minimum absolute atomic E-state index is 0.177. The molecule has 0 radical (unpaired) electrons. The van der Waals surface area contributed by atoms with Crippen LogP contribution in [0.1, 0.15) is 25.5 Å². The number of hydrogen-bond acceptors (Lipinski definition) is 2. The Morgan fingerprint density at radius 3 is 2.81 bits per heavy atom. The molecule has 1 aliphatic heterocycles. The number of benzene rings is 1. The Morgan fingerprint density at radius 1 is 1.29 bits per heavy atom. The molecule has 3 nitrogen and oxygen atoms in total. The molecule has 0 bridgehead atoms. The lowest BCUT2D eigenvalue weighted by atomic mass is 10.2. The van der Waals surface area contributed by atoms with Gasteiger partial charge in [0.25, 0.3) is 0 Å². The molecule has 1 aromatic carbocycles. The molecule has 0 aliphatic carbocycles. The summed E-state index contributed by atoms with van der Waals surface area (Å²) in [6, 6.07) is 7.54. The molecule has 1 unspecified atom stereocenters. The number of likely N-dealkylation sites (N-methyl/N-ethyl adjacent to an activating group) is 1. The van der Waals surface area contributed by atoms with Crippen LogP contribution in [0.15, 0.2) is 24.3 Å². The predicted octanol–water partition coefficient (Wildman–Crippen LogP) is 3.22. The fourth-order valence-electron chi connectivity index (χ4n) is 3.35. The van der Waals surface area contributed by atoms with E-state index in [9.17, 15) is 4.39 Å². The van der Waals surface area contributed by atoms with Crippen molar-refractivity contribution in [2.75, 3.05) is 26.7 Å². The Kier molecular flexibility index (Phi) is 4.27. The number of hydrogen-bond donors (Lipinski definition) is 1. The summed E-state index contributed by atoms with van der Waals surface area (Å²) in [5.41, 5.74) is 2.15. The zero-order valence-corrected chi connectivity index (χ0v) is 12.9. The Labute approximate surface area is 125 Å². The number of aromatic nitrogens is 1. The molecule has 4 heteroatoms. The second-order valence-electron chi connectivity index (χ2n) is 6.31. The standard InChI is InChI=1S/C17H24FN3/c1-13(21-7-3-4-8-21)11-20(2)12-16-10-14-9-15(18)5-6-17(14)19-16/h5-6,9-10,13,19H,3-4,7-8,11-12H2,1-2H3. The molecular weight excluding hydrogens is 265 g/mol. The maximum atomic E-state index is 13.2. The molecule has 2 heterocycles. The summed E-state index contributed by atoms with van der Waals surface area (Å²) >= 11 is 0. The first-order valence-electron chi connectivity index (χ1n) is 7.81. The first-order valence-corrected chi connectivity index (χ1v) is 7.81. The molecule has 114 valence electrons. The molecule has 0 saturated carbocycles. The van der Waals surface area contributed by atoms with Crippen LogP contribution in [-0.4, -0.2) is 47.5 Å². The van der Waals surface area contributed by atoms with Crippen molar-refractivity contribution in [3.63, 3.8) is 0 Å². The van der Waals surface area contributed by atoms with Crippen molar-refractivity contribution in [1.82, 2.24) is 14.8 Å². The van der Waals surface area contributed by atoms with Crippen molar-refractivity contribution in [3.05, 3.63) is 35.8 Å². The van der Waals surface area contributed by atoms with Crippen LogP contribution in [0, 0.1) is 5.82 Å². The summed E-state index contributed by atoms with van der Waals surface area (Å²) in [6.45, 7) is 6.71. The third-order valence-corrected chi connectivity index (χ3v) is 4.42. The molecule has 1 aromatic heterocycles. The number of H-pyrrole nitrogens is 1. The van der Waals surface area contributed by atoms with Crippen LogP contribution in [0.4, 0.5) is 4.39 Å². The zero-order valence-electron chi connectivity index (χ0n) is 12.9. The van der Waals surface area contributed by atoms with Crippen molar-refractivity contribution < 1.29 is 4.39 Å². The van der Waals surface area contributed by atoms with Gasteiger partial charge in [0.2, 0.25) is 0 Å². The number of halogens is 1. The smallest absolute Gasteiger partial charge is 0.123 e. The van der Waals surface area contributed by atoms with Crippen LogP contribution in [-0.2, 0) is 6.54 Å². The van der Waals surface area contributed by atoms with E-state index in [0.29, 0.717) is 6.04 Å². The monoisotopic (exact) mass is 289 g/mol. The number of nitrogens with one attached hydrogen (secondary N) is 1. The summed E-state index contributed by atoms with van der Waals surface area (Å²) in [5, 5.41) is 0.950. The highest BCUT2D eigenvalue weighted by Crippen LogP contribution is 2.18. The average Bonchev–Trinajstić information content (AvgIpc) is 3.06. The first kappa shape index (κ1) is 14.5. The maximum Gasteiger partial charge on any atom is 0.123 e. The summed E-state index contributed by atoms with van der Waals surface area (Å²) < 4.78 is 13.2. The second-order valence-corrected chi connectivity index (χ2v) is 6.31. The minimum atomic E-state index is -0.177. The molecule has 1 fully saturated rings. The number of fused-ring (bicyclic) bond motifs is 1. The van der Waals surface area contributed by atoms with Gasteiger partial charge in [-0.2, -0.15) is 0 Å². The van der Waals surface area contributed by atoms with Gasteiger partial charge >= 0.3 is 0 Å². The molecule has 0 spiro atoms. The first-order chi connectivity index (χ1) is 10.1. The number of nitrogens with zero attached hydrogens (tertiary/aromatic N) is 2. The van der Waals surface area contributed by atoms with Crippen molar-refractivity contribution in [3.8, 4) is 0 Å².